The molecule has 1 atom stereocenters. The van der Waals surface area contributed by atoms with Gasteiger partial charge in [-0.2, -0.15) is 0 Å². The first-order valence-electron chi connectivity index (χ1n) is 6.36. The molecule has 0 aliphatic rings. The van der Waals surface area contributed by atoms with E-state index in [9.17, 15) is 9.18 Å². The summed E-state index contributed by atoms with van der Waals surface area (Å²) in [4.78, 5) is 18.6. The zero-order chi connectivity index (χ0) is 14.5. The summed E-state index contributed by atoms with van der Waals surface area (Å²) in [5, 5.41) is 0.439. The van der Waals surface area contributed by atoms with Crippen molar-refractivity contribution in [3.63, 3.8) is 0 Å². The Kier molecular flexibility index (Phi) is 4.92. The fourth-order valence-corrected chi connectivity index (χ4v) is 2.67. The molecule has 2 aromatic rings. The van der Waals surface area contributed by atoms with Gasteiger partial charge in [-0.05, 0) is 25.0 Å². The molecule has 1 heterocycles. The Balaban J connectivity index is 2.31. The van der Waals surface area contributed by atoms with Crippen LogP contribution in [0.2, 0.25) is 0 Å². The fourth-order valence-electron chi connectivity index (χ4n) is 1.75. The topological polar surface area (TPSA) is 71.8 Å². The molecule has 4 nitrogen and oxygen atoms in total. The fraction of sp³-hybridized carbons (Fsp3) is 0.286. The zero-order valence-corrected chi connectivity index (χ0v) is 11.9. The summed E-state index contributed by atoms with van der Waals surface area (Å²) in [6, 6.07) is 6.11. The van der Waals surface area contributed by atoms with Crippen LogP contribution < -0.4 is 11.3 Å². The second-order valence-corrected chi connectivity index (χ2v) is 5.46. The molecule has 20 heavy (non-hydrogen) atoms. The van der Waals surface area contributed by atoms with Gasteiger partial charge in [0.05, 0.1) is 0 Å². The normalized spacial score (nSPS) is 12.3. The van der Waals surface area contributed by atoms with Crippen LogP contribution in [0.5, 0.6) is 0 Å². The van der Waals surface area contributed by atoms with E-state index < -0.39 is 0 Å². The first-order valence-corrected chi connectivity index (χ1v) is 7.18. The third-order valence-electron chi connectivity index (χ3n) is 2.92. The van der Waals surface area contributed by atoms with E-state index in [1.807, 2.05) is 6.92 Å². The lowest BCUT2D eigenvalue weighted by molar-refractivity contribution is 0.571. The molecule has 0 aliphatic heterocycles. The van der Waals surface area contributed by atoms with E-state index in [-0.39, 0.29) is 17.4 Å². The van der Waals surface area contributed by atoms with Crippen molar-refractivity contribution in [2.24, 2.45) is 5.73 Å². The molecule has 6 heteroatoms. The van der Waals surface area contributed by atoms with E-state index in [0.29, 0.717) is 17.1 Å². The molecule has 0 bridgehead atoms. The third kappa shape index (κ3) is 3.68. The van der Waals surface area contributed by atoms with Gasteiger partial charge in [0, 0.05) is 28.8 Å². The lowest BCUT2D eigenvalue weighted by Gasteiger charge is -2.13. The molecule has 0 fully saturated rings. The molecule has 1 aromatic carbocycles. The standard InChI is InChI=1S/C14H16FN3OS/c1-2-9(16)8-10-11(15)4-3-5-12(10)20-14-17-7-6-13(19)18-14/h3-7,9H,2,8,16H2,1H3,(H,17,18,19). The molecular weight excluding hydrogens is 277 g/mol. The number of nitrogens with one attached hydrogen (secondary N) is 1. The highest BCUT2D eigenvalue weighted by molar-refractivity contribution is 7.99. The molecule has 2 rings (SSSR count). The predicted octanol–water partition coefficient (Wildman–Crippen LogP) is 2.34. The average Bonchev–Trinajstić information content (AvgIpc) is 2.42. The van der Waals surface area contributed by atoms with Crippen molar-refractivity contribution in [2.45, 2.75) is 35.9 Å². The number of aromatic amines is 1. The Morgan fingerprint density at radius 1 is 1.45 bits per heavy atom. The number of hydrogen-bond acceptors (Lipinski definition) is 4. The van der Waals surface area contributed by atoms with E-state index >= 15 is 0 Å². The highest BCUT2D eigenvalue weighted by atomic mass is 32.2. The summed E-state index contributed by atoms with van der Waals surface area (Å²) in [5.74, 6) is -0.280. The summed E-state index contributed by atoms with van der Waals surface area (Å²) in [7, 11) is 0. The predicted molar refractivity (Wildman–Crippen MR) is 77.4 cm³/mol. The maximum Gasteiger partial charge on any atom is 0.251 e. The number of rotatable bonds is 5. The highest BCUT2D eigenvalue weighted by Crippen LogP contribution is 2.29. The van der Waals surface area contributed by atoms with Crippen LogP contribution in [0.25, 0.3) is 0 Å². The minimum atomic E-state index is -0.280. The van der Waals surface area contributed by atoms with E-state index in [2.05, 4.69) is 9.97 Å². The molecule has 106 valence electrons. The van der Waals surface area contributed by atoms with Gasteiger partial charge >= 0.3 is 0 Å². The van der Waals surface area contributed by atoms with Crippen molar-refractivity contribution >= 4 is 11.8 Å². The van der Waals surface area contributed by atoms with E-state index in [1.54, 1.807) is 12.1 Å². The van der Waals surface area contributed by atoms with Crippen molar-refractivity contribution in [2.75, 3.05) is 0 Å². The van der Waals surface area contributed by atoms with E-state index in [0.717, 1.165) is 11.3 Å². The molecule has 3 N–H and O–H groups in total. The van der Waals surface area contributed by atoms with E-state index in [4.69, 9.17) is 5.73 Å². The van der Waals surface area contributed by atoms with Gasteiger partial charge in [-0.3, -0.25) is 4.79 Å². The van der Waals surface area contributed by atoms with Crippen LogP contribution >= 0.6 is 11.8 Å². The largest absolute Gasteiger partial charge is 0.327 e. The smallest absolute Gasteiger partial charge is 0.251 e. The van der Waals surface area contributed by atoms with Crippen molar-refractivity contribution in [1.29, 1.82) is 0 Å². The molecule has 0 radical (unpaired) electrons. The maximum absolute atomic E-state index is 14.0. The van der Waals surface area contributed by atoms with Crippen molar-refractivity contribution in [3.8, 4) is 0 Å². The maximum atomic E-state index is 14.0. The number of nitrogens with two attached hydrogens (primary N) is 1. The van der Waals surface area contributed by atoms with Crippen LogP contribution in [-0.2, 0) is 6.42 Å². The quantitative estimate of drug-likeness (QED) is 0.830. The van der Waals surface area contributed by atoms with Gasteiger partial charge in [-0.1, -0.05) is 24.8 Å². The SMILES string of the molecule is CCC(N)Cc1c(F)cccc1Sc1nccc(=O)[nH]1. The van der Waals surface area contributed by atoms with Crippen LogP contribution in [0.3, 0.4) is 0 Å². The van der Waals surface area contributed by atoms with E-state index in [1.165, 1.54) is 30.1 Å². The first-order chi connectivity index (χ1) is 9.60. The van der Waals surface area contributed by atoms with Gasteiger partial charge in [-0.15, -0.1) is 0 Å². The number of H-pyrrole nitrogens is 1. The Hall–Kier alpha value is -1.66. The summed E-state index contributed by atoms with van der Waals surface area (Å²) in [5.41, 5.74) is 6.25. The van der Waals surface area contributed by atoms with Crippen LogP contribution in [0.1, 0.15) is 18.9 Å². The Morgan fingerprint density at radius 2 is 2.25 bits per heavy atom. The molecule has 0 spiro atoms. The molecule has 0 aliphatic carbocycles. The lowest BCUT2D eigenvalue weighted by Crippen LogP contribution is -2.22. The van der Waals surface area contributed by atoms with Gasteiger partial charge in [0.1, 0.15) is 5.82 Å². The van der Waals surface area contributed by atoms with Crippen LogP contribution in [0.15, 0.2) is 45.3 Å². The third-order valence-corrected chi connectivity index (χ3v) is 3.92. The van der Waals surface area contributed by atoms with Crippen LogP contribution in [0, 0.1) is 5.82 Å². The van der Waals surface area contributed by atoms with Crippen LogP contribution in [0.4, 0.5) is 4.39 Å². The molecule has 0 amide bonds. The Labute approximate surface area is 120 Å². The number of halogens is 1. The number of aromatic nitrogens is 2. The zero-order valence-electron chi connectivity index (χ0n) is 11.1. The second kappa shape index (κ2) is 6.67. The molecule has 1 unspecified atom stereocenters. The summed E-state index contributed by atoms with van der Waals surface area (Å²) in [6.07, 6.45) is 2.67. The molecule has 1 aromatic heterocycles. The highest BCUT2D eigenvalue weighted by Gasteiger charge is 2.13. The lowest BCUT2D eigenvalue weighted by atomic mass is 10.0. The first kappa shape index (κ1) is 14.7. The number of benzene rings is 1. The van der Waals surface area contributed by atoms with Gasteiger partial charge in [-0.25, -0.2) is 9.37 Å². The van der Waals surface area contributed by atoms with Crippen molar-refractivity contribution in [3.05, 3.63) is 52.2 Å². The average molecular weight is 293 g/mol. The molecule has 0 saturated carbocycles. The van der Waals surface area contributed by atoms with Gasteiger partial charge in [0.25, 0.3) is 5.56 Å². The number of nitrogens with zero attached hydrogens (tertiary/aromatic N) is 1. The summed E-state index contributed by atoms with van der Waals surface area (Å²) in [6.45, 7) is 1.97. The molecule has 0 saturated heterocycles. The summed E-state index contributed by atoms with van der Waals surface area (Å²) >= 11 is 1.23. The van der Waals surface area contributed by atoms with Gasteiger partial charge < -0.3 is 10.7 Å². The monoisotopic (exact) mass is 293 g/mol. The van der Waals surface area contributed by atoms with Crippen molar-refractivity contribution < 1.29 is 4.39 Å². The van der Waals surface area contributed by atoms with Gasteiger partial charge in [0.2, 0.25) is 0 Å². The minimum absolute atomic E-state index is 0.0889. The van der Waals surface area contributed by atoms with Crippen LogP contribution in [-0.4, -0.2) is 16.0 Å². The Morgan fingerprint density at radius 3 is 2.95 bits per heavy atom. The number of hydrogen-bond donors (Lipinski definition) is 2. The Bertz CT molecular complexity index is 644. The summed E-state index contributed by atoms with van der Waals surface area (Å²) < 4.78 is 14.0. The minimum Gasteiger partial charge on any atom is -0.327 e. The second-order valence-electron chi connectivity index (χ2n) is 4.43. The van der Waals surface area contributed by atoms with Gasteiger partial charge in [0.15, 0.2) is 5.16 Å². The molecular formula is C14H16FN3OS. The van der Waals surface area contributed by atoms with Crippen molar-refractivity contribution in [1.82, 2.24) is 9.97 Å².